The van der Waals surface area contributed by atoms with Gasteiger partial charge in [-0.2, -0.15) is 13.2 Å². The number of rotatable bonds is 2. The van der Waals surface area contributed by atoms with Crippen molar-refractivity contribution in [3.63, 3.8) is 0 Å². The van der Waals surface area contributed by atoms with Gasteiger partial charge in [0, 0.05) is 12.7 Å². The van der Waals surface area contributed by atoms with Crippen molar-refractivity contribution in [1.82, 2.24) is 9.55 Å². The van der Waals surface area contributed by atoms with Crippen molar-refractivity contribution in [3.8, 4) is 0 Å². The summed E-state index contributed by atoms with van der Waals surface area (Å²) in [5, 5.41) is 2.56. The highest BCUT2D eigenvalue weighted by Crippen LogP contribution is 2.36. The maximum Gasteiger partial charge on any atom is 0.417 e. The number of hydrogen-bond donors (Lipinski definition) is 1. The number of nitrogens with one attached hydrogen (secondary N) is 1. The number of hydrogen-bond acceptors (Lipinski definition) is 2. The number of nitrogens with zero attached hydrogens (tertiary/aromatic N) is 2. The Balaban J connectivity index is 2.00. The van der Waals surface area contributed by atoms with Gasteiger partial charge in [-0.3, -0.25) is 0 Å². The zero-order valence-electron chi connectivity index (χ0n) is 11.4. The molecule has 0 saturated carbocycles. The number of anilines is 2. The van der Waals surface area contributed by atoms with Gasteiger partial charge in [-0.1, -0.05) is 23.7 Å². The maximum absolute atomic E-state index is 12.9. The summed E-state index contributed by atoms with van der Waals surface area (Å²) in [5.74, 6) is 0.455. The molecule has 0 unspecified atom stereocenters. The first kappa shape index (κ1) is 14.7. The summed E-state index contributed by atoms with van der Waals surface area (Å²) in [4.78, 5) is 4.36. The standard InChI is InChI=1S/C15H11ClF3N3/c1-22-13-5-3-2-4-12(13)21-14(22)20-9-6-7-11(16)10(8-9)15(17,18)19/h2-8H,1H3,(H,20,21). The number of halogens is 4. The van der Waals surface area contributed by atoms with Crippen LogP contribution in [0.15, 0.2) is 42.5 Å². The van der Waals surface area contributed by atoms with Crippen LogP contribution in [0, 0.1) is 0 Å². The molecule has 114 valence electrons. The largest absolute Gasteiger partial charge is 0.417 e. The Hall–Kier alpha value is -2.21. The van der Waals surface area contributed by atoms with Crippen LogP contribution in [0.1, 0.15) is 5.56 Å². The van der Waals surface area contributed by atoms with Crippen molar-refractivity contribution in [2.75, 3.05) is 5.32 Å². The van der Waals surface area contributed by atoms with E-state index in [2.05, 4.69) is 10.3 Å². The van der Waals surface area contributed by atoms with Crippen LogP contribution in [-0.2, 0) is 13.2 Å². The van der Waals surface area contributed by atoms with E-state index in [9.17, 15) is 13.2 Å². The lowest BCUT2D eigenvalue weighted by Crippen LogP contribution is -2.07. The van der Waals surface area contributed by atoms with Gasteiger partial charge in [0.05, 0.1) is 21.6 Å². The fourth-order valence-corrected chi connectivity index (χ4v) is 2.43. The van der Waals surface area contributed by atoms with Crippen LogP contribution in [-0.4, -0.2) is 9.55 Å². The third-order valence-corrected chi connectivity index (χ3v) is 3.64. The minimum absolute atomic E-state index is 0.273. The Bertz CT molecular complexity index is 840. The van der Waals surface area contributed by atoms with Gasteiger partial charge in [-0.25, -0.2) is 4.98 Å². The van der Waals surface area contributed by atoms with E-state index in [0.29, 0.717) is 5.95 Å². The van der Waals surface area contributed by atoms with E-state index in [0.717, 1.165) is 17.1 Å². The van der Waals surface area contributed by atoms with Crippen LogP contribution in [0.3, 0.4) is 0 Å². The second-order valence-electron chi connectivity index (χ2n) is 4.80. The molecule has 0 aliphatic rings. The molecule has 3 nitrogen and oxygen atoms in total. The van der Waals surface area contributed by atoms with Crippen LogP contribution < -0.4 is 5.32 Å². The lowest BCUT2D eigenvalue weighted by atomic mass is 10.2. The molecule has 0 amide bonds. The van der Waals surface area contributed by atoms with E-state index in [-0.39, 0.29) is 10.7 Å². The fraction of sp³-hybridized carbons (Fsp3) is 0.133. The van der Waals surface area contributed by atoms with Crippen LogP contribution in [0.4, 0.5) is 24.8 Å². The molecule has 0 atom stereocenters. The molecule has 3 aromatic rings. The van der Waals surface area contributed by atoms with E-state index >= 15 is 0 Å². The Morgan fingerprint density at radius 3 is 2.55 bits per heavy atom. The predicted octanol–water partition coefficient (Wildman–Crippen LogP) is 4.99. The molecule has 0 radical (unpaired) electrons. The highest BCUT2D eigenvalue weighted by atomic mass is 35.5. The normalized spacial score (nSPS) is 11.9. The number of aromatic nitrogens is 2. The highest BCUT2D eigenvalue weighted by Gasteiger charge is 2.33. The molecule has 0 spiro atoms. The smallest absolute Gasteiger partial charge is 0.326 e. The zero-order valence-corrected chi connectivity index (χ0v) is 12.2. The number of fused-ring (bicyclic) bond motifs is 1. The van der Waals surface area contributed by atoms with E-state index in [1.165, 1.54) is 12.1 Å². The fourth-order valence-electron chi connectivity index (χ4n) is 2.21. The summed E-state index contributed by atoms with van der Waals surface area (Å²) in [6.07, 6.45) is -4.50. The minimum atomic E-state index is -4.50. The second kappa shape index (κ2) is 5.21. The van der Waals surface area contributed by atoms with E-state index in [1.54, 1.807) is 11.6 Å². The predicted molar refractivity (Wildman–Crippen MR) is 80.5 cm³/mol. The monoisotopic (exact) mass is 325 g/mol. The first-order chi connectivity index (χ1) is 10.4. The molecular weight excluding hydrogens is 315 g/mol. The summed E-state index contributed by atoms with van der Waals surface area (Å²) in [5.41, 5.74) is 1.04. The maximum atomic E-state index is 12.9. The Kier molecular flexibility index (Phi) is 3.48. The van der Waals surface area contributed by atoms with Gasteiger partial charge >= 0.3 is 6.18 Å². The zero-order chi connectivity index (χ0) is 15.9. The summed E-state index contributed by atoms with van der Waals surface area (Å²) >= 11 is 5.61. The lowest BCUT2D eigenvalue weighted by molar-refractivity contribution is -0.137. The van der Waals surface area contributed by atoms with E-state index in [4.69, 9.17) is 11.6 Å². The van der Waals surface area contributed by atoms with Gasteiger partial charge in [0.15, 0.2) is 0 Å². The molecule has 1 aromatic heterocycles. The number of para-hydroxylation sites is 2. The average molecular weight is 326 g/mol. The molecule has 7 heteroatoms. The van der Waals surface area contributed by atoms with E-state index < -0.39 is 11.7 Å². The van der Waals surface area contributed by atoms with E-state index in [1.807, 2.05) is 24.3 Å². The van der Waals surface area contributed by atoms with Gasteiger partial charge in [0.1, 0.15) is 0 Å². The van der Waals surface area contributed by atoms with Gasteiger partial charge in [0.25, 0.3) is 0 Å². The Morgan fingerprint density at radius 1 is 1.14 bits per heavy atom. The molecule has 0 saturated heterocycles. The molecule has 1 N–H and O–H groups in total. The highest BCUT2D eigenvalue weighted by molar-refractivity contribution is 6.31. The molecule has 0 aliphatic heterocycles. The third kappa shape index (κ3) is 2.62. The first-order valence-corrected chi connectivity index (χ1v) is 6.79. The van der Waals surface area contributed by atoms with Crippen molar-refractivity contribution in [2.24, 2.45) is 7.05 Å². The van der Waals surface area contributed by atoms with Gasteiger partial charge in [-0.05, 0) is 30.3 Å². The molecule has 0 aliphatic carbocycles. The topological polar surface area (TPSA) is 29.9 Å². The third-order valence-electron chi connectivity index (χ3n) is 3.32. The number of imidazole rings is 1. The number of benzene rings is 2. The SMILES string of the molecule is Cn1c(Nc2ccc(Cl)c(C(F)(F)F)c2)nc2ccccc21. The van der Waals surface area contributed by atoms with Crippen molar-refractivity contribution in [2.45, 2.75) is 6.18 Å². The summed E-state index contributed by atoms with van der Waals surface area (Å²) in [7, 11) is 1.79. The molecule has 0 fully saturated rings. The van der Waals surface area contributed by atoms with Crippen molar-refractivity contribution in [1.29, 1.82) is 0 Å². The van der Waals surface area contributed by atoms with Crippen LogP contribution in [0.25, 0.3) is 11.0 Å². The van der Waals surface area contributed by atoms with Gasteiger partial charge < -0.3 is 9.88 Å². The van der Waals surface area contributed by atoms with Crippen LogP contribution >= 0.6 is 11.6 Å². The second-order valence-corrected chi connectivity index (χ2v) is 5.21. The van der Waals surface area contributed by atoms with Crippen molar-refractivity contribution < 1.29 is 13.2 Å². The molecule has 22 heavy (non-hydrogen) atoms. The Labute approximate surface area is 129 Å². The Morgan fingerprint density at radius 2 is 1.86 bits per heavy atom. The summed E-state index contributed by atoms with van der Waals surface area (Å²) < 4.78 is 40.4. The minimum Gasteiger partial charge on any atom is -0.326 e. The first-order valence-electron chi connectivity index (χ1n) is 6.41. The molecule has 1 heterocycles. The summed E-state index contributed by atoms with van der Waals surface area (Å²) in [6.45, 7) is 0. The number of aryl methyl sites for hydroxylation is 1. The van der Waals surface area contributed by atoms with Gasteiger partial charge in [-0.15, -0.1) is 0 Å². The van der Waals surface area contributed by atoms with Crippen LogP contribution in [0.2, 0.25) is 5.02 Å². The summed E-state index contributed by atoms with van der Waals surface area (Å²) in [6, 6.07) is 11.1. The molecular formula is C15H11ClF3N3. The number of alkyl halides is 3. The molecule has 3 rings (SSSR count). The van der Waals surface area contributed by atoms with Crippen molar-refractivity contribution >= 4 is 34.3 Å². The molecule has 0 bridgehead atoms. The quantitative estimate of drug-likeness (QED) is 0.719. The molecule has 2 aromatic carbocycles. The van der Waals surface area contributed by atoms with Gasteiger partial charge in [0.2, 0.25) is 5.95 Å². The van der Waals surface area contributed by atoms with Crippen LogP contribution in [0.5, 0.6) is 0 Å². The average Bonchev–Trinajstić information content (AvgIpc) is 2.77. The lowest BCUT2D eigenvalue weighted by Gasteiger charge is -2.12. The van der Waals surface area contributed by atoms with Crippen molar-refractivity contribution in [3.05, 3.63) is 53.1 Å².